The van der Waals surface area contributed by atoms with Gasteiger partial charge in [0.2, 0.25) is 0 Å². The monoisotopic (exact) mass is 1020 g/mol. The van der Waals surface area contributed by atoms with Gasteiger partial charge in [-0.1, -0.05) is 0 Å². The quantitative estimate of drug-likeness (QED) is 0.0713. The third kappa shape index (κ3) is 5.66. The van der Waals surface area contributed by atoms with Crippen LogP contribution in [-0.2, 0) is 5.41 Å². The molecule has 0 saturated carbocycles. The van der Waals surface area contributed by atoms with Gasteiger partial charge in [-0.2, -0.15) is 0 Å². The molecule has 28 heteroatoms. The van der Waals surface area contributed by atoms with Crippen LogP contribution in [0, 0.1) is 163 Å². The van der Waals surface area contributed by atoms with Crippen molar-refractivity contribution in [3.63, 3.8) is 0 Å². The Kier molecular flexibility index (Phi) is 10.8. The minimum atomic E-state index is -6.73. The maximum absolute atomic E-state index is 17.4. The van der Waals surface area contributed by atoms with Gasteiger partial charge in [0.1, 0.15) is 23.3 Å². The van der Waals surface area contributed by atoms with Crippen LogP contribution in [0.15, 0.2) is 0 Å². The smallest absolute Gasteiger partial charge is 0.198 e. The lowest BCUT2D eigenvalue weighted by atomic mass is 9.62. The van der Waals surface area contributed by atoms with E-state index in [1.165, 1.54) is 0 Å². The van der Waals surface area contributed by atoms with Crippen LogP contribution in [0.25, 0.3) is 43.1 Å². The average molecular weight is 1020 g/mol. The van der Waals surface area contributed by atoms with Crippen LogP contribution >= 0.6 is 0 Å². The Morgan fingerprint density at radius 1 is 0.116 bits per heavy atom. The molecule has 0 unspecified atom stereocenters. The second-order valence-corrected chi connectivity index (χ2v) is 14.0. The molecule has 0 aromatic heterocycles. The Morgan fingerprint density at radius 2 is 0.217 bits per heavy atom. The number of hydrogen-bond acceptors (Lipinski definition) is 0. The Hall–Kier alpha value is -7.16. The molecule has 0 radical (unpaired) electrons. The summed E-state index contributed by atoms with van der Waals surface area (Å²) in [4.78, 5) is 0. The summed E-state index contributed by atoms with van der Waals surface area (Å²) in [6.07, 6.45) is 0. The molecular formula is C41F28. The van der Waals surface area contributed by atoms with E-state index in [9.17, 15) is 35.1 Å². The molecule has 8 rings (SSSR count). The number of benzene rings is 8. The summed E-state index contributed by atoms with van der Waals surface area (Å²) in [6, 6.07) is 0. The maximum Gasteiger partial charge on any atom is 0.198 e. The summed E-state index contributed by atoms with van der Waals surface area (Å²) >= 11 is 0. The molecule has 360 valence electrons. The average Bonchev–Trinajstić information content (AvgIpc) is 3.30. The Bertz CT molecular complexity index is 3270. The normalized spacial score (nSPS) is 12.3. The molecule has 0 aliphatic rings. The fourth-order valence-corrected chi connectivity index (χ4v) is 8.01. The van der Waals surface area contributed by atoms with E-state index < -0.39 is 234 Å². The van der Waals surface area contributed by atoms with Gasteiger partial charge in [0, 0.05) is 22.3 Å². The van der Waals surface area contributed by atoms with Crippen LogP contribution in [0.4, 0.5) is 123 Å². The molecule has 0 fully saturated rings. The van der Waals surface area contributed by atoms with E-state index in [1.807, 2.05) is 0 Å². The van der Waals surface area contributed by atoms with Gasteiger partial charge in [-0.05, 0) is 0 Å². The maximum atomic E-state index is 17.4. The van der Waals surface area contributed by atoms with Crippen LogP contribution in [0.5, 0.6) is 0 Å². The molecule has 0 amide bonds. The van der Waals surface area contributed by atoms with E-state index in [2.05, 4.69) is 0 Å². The molecule has 0 spiro atoms. The van der Waals surface area contributed by atoms with Gasteiger partial charge in [-0.25, -0.2) is 123 Å². The number of hydrogen-bond donors (Lipinski definition) is 0. The van der Waals surface area contributed by atoms with Crippen LogP contribution in [0.1, 0.15) is 22.3 Å². The molecular weight excluding hydrogens is 1020 g/mol. The molecule has 0 aliphatic carbocycles. The molecule has 0 bridgehead atoms. The molecule has 0 heterocycles. The SMILES string of the molecule is Fc1c(F)c(F)c2c(F)c(C(c3c(F)c(F)c4c(F)c(F)c(F)c(F)c4c3F)(c3c(F)c(F)c4c(F)c(F)c(F)c(F)c4c3F)c3c(F)c(F)c4c(F)c(F)c(F)c(F)c4c3F)c(F)c(F)c2c1F. The van der Waals surface area contributed by atoms with E-state index >= 15 is 87.8 Å². The van der Waals surface area contributed by atoms with Gasteiger partial charge >= 0.3 is 0 Å². The third-order valence-electron chi connectivity index (χ3n) is 10.9. The summed E-state index contributed by atoms with van der Waals surface area (Å²) in [5.41, 5.74) is -22.9. The highest BCUT2D eigenvalue weighted by Crippen LogP contribution is 2.58. The van der Waals surface area contributed by atoms with Gasteiger partial charge in [0.05, 0.1) is 48.5 Å². The van der Waals surface area contributed by atoms with Gasteiger partial charge in [0.15, 0.2) is 140 Å². The van der Waals surface area contributed by atoms with E-state index in [-0.39, 0.29) is 0 Å². The highest BCUT2D eigenvalue weighted by molar-refractivity contribution is 5.94. The van der Waals surface area contributed by atoms with Gasteiger partial charge < -0.3 is 0 Å². The minimum absolute atomic E-state index is 3.03. The van der Waals surface area contributed by atoms with Crippen molar-refractivity contribution in [2.24, 2.45) is 0 Å². The standard InChI is InChI=1S/C41F28/c42-13-1-5(25(54)37(66)33(62)21(1)50)17(46)29(58)9(13)41(10-14(43)2-6(18(47)30(10)59)26(55)38(67)34(63)22(2)51,11-15(44)3-7(19(48)31(11)60)27(56)39(68)35(64)23(3)52)12-16(45)4-8(20(49)32(12)61)28(57)40(69)36(65)24(4)53. The second-order valence-electron chi connectivity index (χ2n) is 14.0. The van der Waals surface area contributed by atoms with Gasteiger partial charge in [-0.3, -0.25) is 0 Å². The summed E-state index contributed by atoms with van der Waals surface area (Å²) in [7, 11) is 0. The fraction of sp³-hybridized carbons (Fsp3) is 0.0244. The zero-order valence-electron chi connectivity index (χ0n) is 31.1. The number of halogens is 28. The van der Waals surface area contributed by atoms with Crippen molar-refractivity contribution in [3.05, 3.63) is 185 Å². The van der Waals surface area contributed by atoms with Gasteiger partial charge in [-0.15, -0.1) is 0 Å². The summed E-state index contributed by atoms with van der Waals surface area (Å²) in [5, 5.41) is -25.1. The second kappa shape index (κ2) is 15.4. The molecule has 8 aromatic rings. The van der Waals surface area contributed by atoms with Gasteiger partial charge in [0.25, 0.3) is 0 Å². The van der Waals surface area contributed by atoms with Crippen molar-refractivity contribution >= 4 is 43.1 Å². The van der Waals surface area contributed by atoms with Crippen molar-refractivity contribution in [2.45, 2.75) is 5.41 Å². The molecule has 0 saturated heterocycles. The predicted molar refractivity (Wildman–Crippen MR) is 174 cm³/mol. The molecule has 0 nitrogen and oxygen atoms in total. The minimum Gasteiger partial charge on any atom is -0.206 e. The topological polar surface area (TPSA) is 0 Å². The highest BCUT2D eigenvalue weighted by Gasteiger charge is 2.58. The fourth-order valence-electron chi connectivity index (χ4n) is 8.01. The van der Waals surface area contributed by atoms with E-state index in [1.54, 1.807) is 0 Å². The third-order valence-corrected chi connectivity index (χ3v) is 10.9. The Labute approximate surface area is 356 Å². The molecule has 0 atom stereocenters. The van der Waals surface area contributed by atoms with Crippen molar-refractivity contribution in [1.82, 2.24) is 0 Å². The van der Waals surface area contributed by atoms with E-state index in [4.69, 9.17) is 0 Å². The van der Waals surface area contributed by atoms with E-state index in [0.717, 1.165) is 0 Å². The molecule has 8 aromatic carbocycles. The lowest BCUT2D eigenvalue weighted by Gasteiger charge is -2.39. The summed E-state index contributed by atoms with van der Waals surface area (Å²) < 4.78 is 442. The van der Waals surface area contributed by atoms with Crippen molar-refractivity contribution in [2.75, 3.05) is 0 Å². The Balaban J connectivity index is 1.92. The molecule has 69 heavy (non-hydrogen) atoms. The van der Waals surface area contributed by atoms with Crippen LogP contribution in [0.2, 0.25) is 0 Å². The highest BCUT2D eigenvalue weighted by atomic mass is 19.2. The predicted octanol–water partition coefficient (Wildman–Crippen LogP) is 14.6. The largest absolute Gasteiger partial charge is 0.206 e. The van der Waals surface area contributed by atoms with Crippen LogP contribution in [-0.4, -0.2) is 0 Å². The van der Waals surface area contributed by atoms with Crippen LogP contribution in [0.3, 0.4) is 0 Å². The lowest BCUT2D eigenvalue weighted by Crippen LogP contribution is -2.41. The Morgan fingerprint density at radius 3 is 0.348 bits per heavy atom. The number of rotatable bonds is 4. The number of fused-ring (bicyclic) bond motifs is 4. The molecule has 0 aliphatic heterocycles. The van der Waals surface area contributed by atoms with E-state index in [0.29, 0.717) is 0 Å². The van der Waals surface area contributed by atoms with Crippen LogP contribution < -0.4 is 0 Å². The zero-order chi connectivity index (χ0) is 51.6. The zero-order valence-corrected chi connectivity index (χ0v) is 31.1. The first-order valence-corrected chi connectivity index (χ1v) is 17.3. The molecule has 0 N–H and O–H groups in total. The summed E-state index contributed by atoms with van der Waals surface area (Å²) in [6.45, 7) is 0. The first-order chi connectivity index (χ1) is 32.0. The summed E-state index contributed by atoms with van der Waals surface area (Å²) in [5.74, 6) is -102. The van der Waals surface area contributed by atoms with Crippen molar-refractivity contribution in [1.29, 1.82) is 0 Å². The van der Waals surface area contributed by atoms with Crippen molar-refractivity contribution < 1.29 is 123 Å². The first-order valence-electron chi connectivity index (χ1n) is 17.3. The van der Waals surface area contributed by atoms with Crippen molar-refractivity contribution in [3.8, 4) is 0 Å². The first kappa shape index (κ1) is 48.3. The lowest BCUT2D eigenvalue weighted by molar-refractivity contribution is 0.382.